The Morgan fingerprint density at radius 3 is 2.60 bits per heavy atom. The Bertz CT molecular complexity index is 598. The lowest BCUT2D eigenvalue weighted by molar-refractivity contribution is 0.408. The lowest BCUT2D eigenvalue weighted by Crippen LogP contribution is -2.35. The molecule has 2 aliphatic carbocycles. The number of nitrogens with zero attached hydrogens (tertiary/aromatic N) is 1. The van der Waals surface area contributed by atoms with Gasteiger partial charge in [-0.15, -0.1) is 0 Å². The van der Waals surface area contributed by atoms with Crippen molar-refractivity contribution in [3.8, 4) is 0 Å². The van der Waals surface area contributed by atoms with Gasteiger partial charge in [0.2, 0.25) is 0 Å². The first-order chi connectivity index (χ1) is 9.83. The highest BCUT2D eigenvalue weighted by molar-refractivity contribution is 6.35. The number of nitrogens with one attached hydrogen (secondary N) is 1. The van der Waals surface area contributed by atoms with E-state index in [-0.39, 0.29) is 0 Å². The number of rotatable bonds is 6. The highest BCUT2D eigenvalue weighted by Crippen LogP contribution is 2.44. The molecule has 0 saturated heterocycles. The Kier molecular flexibility index (Phi) is 3.24. The number of aromatic nitrogens is 1. The van der Waals surface area contributed by atoms with Crippen LogP contribution < -0.4 is 5.32 Å². The number of halogens is 1. The lowest BCUT2D eigenvalue weighted by Gasteiger charge is -2.18. The van der Waals surface area contributed by atoms with Crippen molar-refractivity contribution in [3.05, 3.63) is 35.5 Å². The minimum absolute atomic E-state index is 0.792. The van der Waals surface area contributed by atoms with Crippen molar-refractivity contribution in [1.29, 1.82) is 0 Å². The van der Waals surface area contributed by atoms with Crippen molar-refractivity contribution in [1.82, 2.24) is 9.88 Å². The van der Waals surface area contributed by atoms with E-state index in [1.54, 1.807) is 0 Å². The Morgan fingerprint density at radius 1 is 1.15 bits per heavy atom. The second-order valence-electron chi connectivity index (χ2n) is 6.34. The molecule has 0 atom stereocenters. The van der Waals surface area contributed by atoms with E-state index < -0.39 is 0 Å². The number of hydrogen-bond donors (Lipinski definition) is 1. The summed E-state index contributed by atoms with van der Waals surface area (Å²) in [7, 11) is 0. The molecule has 20 heavy (non-hydrogen) atoms. The summed E-state index contributed by atoms with van der Waals surface area (Å²) < 4.78 is 2.31. The Morgan fingerprint density at radius 2 is 1.90 bits per heavy atom. The molecule has 1 aromatic carbocycles. The van der Waals surface area contributed by atoms with E-state index in [4.69, 9.17) is 11.6 Å². The van der Waals surface area contributed by atoms with Gasteiger partial charge in [-0.2, -0.15) is 0 Å². The number of hydrogen-bond acceptors (Lipinski definition) is 1. The minimum Gasteiger partial charge on any atom is -0.346 e. The van der Waals surface area contributed by atoms with Crippen LogP contribution in [0.15, 0.2) is 30.5 Å². The van der Waals surface area contributed by atoms with Gasteiger partial charge in [-0.3, -0.25) is 0 Å². The van der Waals surface area contributed by atoms with Crippen molar-refractivity contribution in [3.63, 3.8) is 0 Å². The van der Waals surface area contributed by atoms with Gasteiger partial charge in [0.1, 0.15) is 0 Å². The average Bonchev–Trinajstić information content (AvgIpc) is 3.35. The van der Waals surface area contributed by atoms with Gasteiger partial charge in [0.15, 0.2) is 0 Å². The van der Waals surface area contributed by atoms with Crippen LogP contribution in [0, 0.1) is 11.8 Å². The topological polar surface area (TPSA) is 17.0 Å². The fourth-order valence-corrected chi connectivity index (χ4v) is 3.59. The van der Waals surface area contributed by atoms with Crippen LogP contribution in [0.1, 0.15) is 25.7 Å². The summed E-state index contributed by atoms with van der Waals surface area (Å²) >= 11 is 6.23. The van der Waals surface area contributed by atoms with Crippen LogP contribution in [-0.4, -0.2) is 17.2 Å². The van der Waals surface area contributed by atoms with Crippen LogP contribution in [0.5, 0.6) is 0 Å². The first kappa shape index (κ1) is 12.7. The zero-order valence-electron chi connectivity index (χ0n) is 11.7. The third kappa shape index (κ3) is 2.47. The lowest BCUT2D eigenvalue weighted by atomic mass is 10.1. The molecule has 3 heteroatoms. The van der Waals surface area contributed by atoms with Gasteiger partial charge in [0.25, 0.3) is 0 Å². The quantitative estimate of drug-likeness (QED) is 0.848. The second kappa shape index (κ2) is 5.09. The van der Waals surface area contributed by atoms with Crippen molar-refractivity contribution in [2.24, 2.45) is 11.8 Å². The maximum Gasteiger partial charge on any atom is 0.0499 e. The molecule has 106 valence electrons. The molecular formula is C17H21ClN2. The molecule has 4 rings (SSSR count). The second-order valence-corrected chi connectivity index (χ2v) is 6.74. The van der Waals surface area contributed by atoms with Crippen LogP contribution >= 0.6 is 11.6 Å². The van der Waals surface area contributed by atoms with Gasteiger partial charge in [-0.1, -0.05) is 17.7 Å². The fraction of sp³-hybridized carbons (Fsp3) is 0.529. The molecule has 0 amide bonds. The zero-order chi connectivity index (χ0) is 13.5. The highest BCUT2D eigenvalue weighted by atomic mass is 35.5. The molecule has 0 spiro atoms. The van der Waals surface area contributed by atoms with Crippen molar-refractivity contribution < 1.29 is 0 Å². The van der Waals surface area contributed by atoms with Crippen LogP contribution in [0.4, 0.5) is 0 Å². The maximum absolute atomic E-state index is 6.23. The molecule has 1 aromatic heterocycles. The zero-order valence-corrected chi connectivity index (χ0v) is 12.4. The van der Waals surface area contributed by atoms with E-state index in [1.165, 1.54) is 31.2 Å². The molecule has 2 nitrogen and oxygen atoms in total. The summed E-state index contributed by atoms with van der Waals surface area (Å²) in [4.78, 5) is 0. The molecule has 2 saturated carbocycles. The summed E-state index contributed by atoms with van der Waals surface area (Å²) in [5.41, 5.74) is 1.24. The predicted octanol–water partition coefficient (Wildman–Crippen LogP) is 4.07. The number of fused-ring (bicyclic) bond motifs is 1. The summed E-state index contributed by atoms with van der Waals surface area (Å²) in [6, 6.07) is 9.06. The molecular weight excluding hydrogens is 268 g/mol. The van der Waals surface area contributed by atoms with Crippen LogP contribution in [0.2, 0.25) is 5.02 Å². The van der Waals surface area contributed by atoms with Crippen molar-refractivity contribution in [2.75, 3.05) is 6.54 Å². The summed E-state index contributed by atoms with van der Waals surface area (Å²) in [5, 5.41) is 5.82. The Hall–Kier alpha value is -0.990. The molecule has 2 aliphatic rings. The van der Waals surface area contributed by atoms with Gasteiger partial charge < -0.3 is 9.88 Å². The maximum atomic E-state index is 6.23. The minimum atomic E-state index is 0.792. The molecule has 0 aliphatic heterocycles. The van der Waals surface area contributed by atoms with Gasteiger partial charge in [-0.25, -0.2) is 0 Å². The average molecular weight is 289 g/mol. The van der Waals surface area contributed by atoms with Gasteiger partial charge in [0.05, 0.1) is 0 Å². The third-order valence-electron chi connectivity index (χ3n) is 4.75. The largest absolute Gasteiger partial charge is 0.346 e. The van der Waals surface area contributed by atoms with E-state index in [0.29, 0.717) is 0 Å². The SMILES string of the molecule is Clc1cccc2c1ccn2CCNC(C1CC1)C1CC1. The van der Waals surface area contributed by atoms with E-state index in [1.807, 2.05) is 12.1 Å². The molecule has 1 N–H and O–H groups in total. The van der Waals surface area contributed by atoms with Gasteiger partial charge >= 0.3 is 0 Å². The molecule has 0 unspecified atom stereocenters. The summed E-state index contributed by atoms with van der Waals surface area (Å²) in [6.45, 7) is 2.09. The van der Waals surface area contributed by atoms with Crippen LogP contribution in [0.3, 0.4) is 0 Å². The van der Waals surface area contributed by atoms with Crippen molar-refractivity contribution in [2.45, 2.75) is 38.3 Å². The summed E-state index contributed by atoms with van der Waals surface area (Å²) in [5.74, 6) is 1.94. The van der Waals surface area contributed by atoms with E-state index in [9.17, 15) is 0 Å². The molecule has 0 bridgehead atoms. The standard InChI is InChI=1S/C17H21ClN2/c18-15-2-1-3-16-14(15)8-10-20(16)11-9-19-17(12-4-5-12)13-6-7-13/h1-3,8,10,12-13,17,19H,4-7,9,11H2. The normalized spacial score (nSPS) is 19.1. The van der Waals surface area contributed by atoms with Gasteiger partial charge in [0, 0.05) is 41.3 Å². The fourth-order valence-electron chi connectivity index (χ4n) is 3.36. The predicted molar refractivity (Wildman–Crippen MR) is 84.2 cm³/mol. The smallest absolute Gasteiger partial charge is 0.0499 e. The highest BCUT2D eigenvalue weighted by Gasteiger charge is 2.40. The van der Waals surface area contributed by atoms with Crippen molar-refractivity contribution >= 4 is 22.5 Å². The van der Waals surface area contributed by atoms with Crippen LogP contribution in [0.25, 0.3) is 10.9 Å². The molecule has 0 radical (unpaired) electrons. The summed E-state index contributed by atoms with van der Waals surface area (Å²) in [6.07, 6.45) is 7.92. The third-order valence-corrected chi connectivity index (χ3v) is 5.08. The Labute approximate surface area is 125 Å². The molecule has 1 heterocycles. The van der Waals surface area contributed by atoms with E-state index in [2.05, 4.69) is 28.2 Å². The van der Waals surface area contributed by atoms with Crippen LogP contribution in [-0.2, 0) is 6.54 Å². The van der Waals surface area contributed by atoms with Gasteiger partial charge in [-0.05, 0) is 55.7 Å². The first-order valence-corrected chi connectivity index (χ1v) is 8.17. The van der Waals surface area contributed by atoms with E-state index in [0.717, 1.165) is 41.4 Å². The first-order valence-electron chi connectivity index (χ1n) is 7.79. The Balaban J connectivity index is 1.41. The molecule has 2 fully saturated rings. The van der Waals surface area contributed by atoms with E-state index >= 15 is 0 Å². The number of benzene rings is 1. The monoisotopic (exact) mass is 288 g/mol. The molecule has 2 aromatic rings.